The summed E-state index contributed by atoms with van der Waals surface area (Å²) in [4.78, 5) is 12.3. The molecule has 0 aliphatic heterocycles. The van der Waals surface area contributed by atoms with Gasteiger partial charge < -0.3 is 15.0 Å². The van der Waals surface area contributed by atoms with Crippen LogP contribution in [0.3, 0.4) is 0 Å². The van der Waals surface area contributed by atoms with Gasteiger partial charge in [0.1, 0.15) is 16.6 Å². The second-order valence-electron chi connectivity index (χ2n) is 4.37. The van der Waals surface area contributed by atoms with Crippen molar-refractivity contribution in [3.63, 3.8) is 0 Å². The lowest BCUT2D eigenvalue weighted by molar-refractivity contribution is 0.340. The van der Waals surface area contributed by atoms with Crippen molar-refractivity contribution in [1.29, 1.82) is 0 Å². The van der Waals surface area contributed by atoms with Crippen molar-refractivity contribution in [3.8, 4) is 5.75 Å². The quantitative estimate of drug-likeness (QED) is 0.754. The smallest absolute Gasteiger partial charge is 0.172 e. The minimum Gasteiger partial charge on any atom is -0.494 e. The summed E-state index contributed by atoms with van der Waals surface area (Å²) in [5, 5.41) is 4.74. The minimum absolute atomic E-state index is 0.655. The summed E-state index contributed by atoms with van der Waals surface area (Å²) >= 11 is 1.50. The van der Waals surface area contributed by atoms with Gasteiger partial charge in [-0.2, -0.15) is 0 Å². The van der Waals surface area contributed by atoms with E-state index in [1.807, 2.05) is 50.4 Å². The number of H-pyrrole nitrogens is 1. The fraction of sp³-hybridized carbons (Fsp3) is 0.200. The first-order valence-corrected chi connectivity index (χ1v) is 7.55. The number of rotatable bonds is 5. The van der Waals surface area contributed by atoms with E-state index in [1.54, 1.807) is 0 Å². The third-order valence-electron chi connectivity index (χ3n) is 2.92. The first-order chi connectivity index (χ1) is 10.3. The van der Waals surface area contributed by atoms with Gasteiger partial charge in [-0.3, -0.25) is 0 Å². The zero-order valence-electron chi connectivity index (χ0n) is 11.9. The molecule has 0 saturated heterocycles. The maximum absolute atomic E-state index is 5.50. The lowest BCUT2D eigenvalue weighted by Gasteiger charge is -2.01. The normalized spacial score (nSPS) is 10.8. The van der Waals surface area contributed by atoms with E-state index in [2.05, 4.69) is 20.3 Å². The summed E-state index contributed by atoms with van der Waals surface area (Å²) < 4.78 is 5.50. The Bertz CT molecular complexity index is 756. The molecule has 0 bridgehead atoms. The van der Waals surface area contributed by atoms with Gasteiger partial charge in [0.2, 0.25) is 0 Å². The summed E-state index contributed by atoms with van der Waals surface area (Å²) in [6, 6.07) is 11.7. The number of aromatic nitrogens is 3. The van der Waals surface area contributed by atoms with E-state index in [0.29, 0.717) is 6.61 Å². The Morgan fingerprint density at radius 2 is 2.14 bits per heavy atom. The van der Waals surface area contributed by atoms with Gasteiger partial charge in [-0.25, -0.2) is 9.97 Å². The summed E-state index contributed by atoms with van der Waals surface area (Å²) in [5.41, 5.74) is 1.89. The number of pyridine rings is 1. The van der Waals surface area contributed by atoms with Crippen LogP contribution < -0.4 is 10.1 Å². The number of aromatic amines is 1. The molecule has 3 aromatic rings. The van der Waals surface area contributed by atoms with E-state index < -0.39 is 0 Å². The number of ether oxygens (including phenoxy) is 1. The van der Waals surface area contributed by atoms with Crippen molar-refractivity contribution in [1.82, 2.24) is 15.0 Å². The molecule has 0 aliphatic carbocycles. The number of anilines is 1. The van der Waals surface area contributed by atoms with Crippen LogP contribution in [0.5, 0.6) is 5.75 Å². The molecule has 0 atom stereocenters. The highest BCUT2D eigenvalue weighted by Gasteiger charge is 2.07. The third-order valence-corrected chi connectivity index (χ3v) is 3.75. The van der Waals surface area contributed by atoms with Crippen LogP contribution in [0.25, 0.3) is 11.0 Å². The number of nitrogens with zero attached hydrogens (tertiary/aromatic N) is 2. The molecule has 0 spiro atoms. The molecular formula is C15H16N4OS. The van der Waals surface area contributed by atoms with E-state index in [4.69, 9.17) is 4.74 Å². The molecule has 21 heavy (non-hydrogen) atoms. The molecule has 108 valence electrons. The molecule has 0 unspecified atom stereocenters. The van der Waals surface area contributed by atoms with Crippen molar-refractivity contribution in [3.05, 3.63) is 36.4 Å². The first kappa shape index (κ1) is 13.8. The second-order valence-corrected chi connectivity index (χ2v) is 5.38. The molecule has 2 heterocycles. The molecular weight excluding hydrogens is 284 g/mol. The summed E-state index contributed by atoms with van der Waals surface area (Å²) in [6.07, 6.45) is 0. The molecule has 0 amide bonds. The Hall–Kier alpha value is -2.21. The fourth-order valence-corrected chi connectivity index (χ4v) is 2.77. The maximum atomic E-state index is 5.50. The highest BCUT2D eigenvalue weighted by atomic mass is 32.2. The topological polar surface area (TPSA) is 62.8 Å². The third kappa shape index (κ3) is 3.11. The zero-order valence-corrected chi connectivity index (χ0v) is 12.7. The Labute approximate surface area is 127 Å². The van der Waals surface area contributed by atoms with Crippen molar-refractivity contribution in [2.75, 3.05) is 19.0 Å². The van der Waals surface area contributed by atoms with Crippen LogP contribution >= 0.6 is 11.8 Å². The van der Waals surface area contributed by atoms with Crippen molar-refractivity contribution in [2.24, 2.45) is 0 Å². The fourth-order valence-electron chi connectivity index (χ4n) is 1.98. The minimum atomic E-state index is 0.655. The molecule has 1 aromatic carbocycles. The van der Waals surface area contributed by atoms with E-state index >= 15 is 0 Å². The van der Waals surface area contributed by atoms with Gasteiger partial charge in [-0.1, -0.05) is 6.07 Å². The van der Waals surface area contributed by atoms with Crippen LogP contribution in [-0.4, -0.2) is 28.6 Å². The largest absolute Gasteiger partial charge is 0.494 e. The van der Waals surface area contributed by atoms with Crippen LogP contribution in [0.4, 0.5) is 5.82 Å². The highest BCUT2D eigenvalue weighted by Crippen LogP contribution is 2.28. The molecule has 0 fully saturated rings. The molecule has 6 heteroatoms. The first-order valence-electron chi connectivity index (χ1n) is 6.73. The van der Waals surface area contributed by atoms with Crippen LogP contribution in [0.2, 0.25) is 0 Å². The molecule has 2 aromatic heterocycles. The number of imidazole rings is 1. The molecule has 2 N–H and O–H groups in total. The number of hydrogen-bond acceptors (Lipinski definition) is 5. The average molecular weight is 300 g/mol. The monoisotopic (exact) mass is 300 g/mol. The Balaban J connectivity index is 1.86. The van der Waals surface area contributed by atoms with Gasteiger partial charge in [-0.15, -0.1) is 0 Å². The number of fused-ring (bicyclic) bond motifs is 1. The molecule has 0 aliphatic rings. The van der Waals surface area contributed by atoms with Crippen LogP contribution in [0, 0.1) is 0 Å². The Morgan fingerprint density at radius 3 is 2.95 bits per heavy atom. The lowest BCUT2D eigenvalue weighted by atomic mass is 10.3. The molecule has 3 rings (SSSR count). The van der Waals surface area contributed by atoms with Crippen molar-refractivity contribution in [2.45, 2.75) is 17.1 Å². The van der Waals surface area contributed by atoms with Crippen LogP contribution in [0.1, 0.15) is 6.92 Å². The van der Waals surface area contributed by atoms with E-state index in [0.717, 1.165) is 32.8 Å². The Morgan fingerprint density at radius 1 is 1.24 bits per heavy atom. The zero-order chi connectivity index (χ0) is 14.7. The lowest BCUT2D eigenvalue weighted by Crippen LogP contribution is -1.92. The number of nitrogens with one attached hydrogen (secondary N) is 2. The maximum Gasteiger partial charge on any atom is 0.172 e. The van der Waals surface area contributed by atoms with Gasteiger partial charge in [-0.05, 0) is 43.0 Å². The predicted octanol–water partition coefficient (Wildman–Crippen LogP) is 3.55. The average Bonchev–Trinajstić information content (AvgIpc) is 2.89. The van der Waals surface area contributed by atoms with Gasteiger partial charge in [0, 0.05) is 13.1 Å². The molecule has 0 saturated carbocycles. The van der Waals surface area contributed by atoms with Crippen molar-refractivity contribution >= 4 is 28.6 Å². The number of hydrogen-bond donors (Lipinski definition) is 2. The molecule has 0 radical (unpaired) electrons. The van der Waals surface area contributed by atoms with E-state index in [9.17, 15) is 0 Å². The van der Waals surface area contributed by atoms with Gasteiger partial charge >= 0.3 is 0 Å². The van der Waals surface area contributed by atoms with Gasteiger partial charge in [0.15, 0.2) is 5.16 Å². The van der Waals surface area contributed by atoms with Crippen LogP contribution in [0.15, 0.2) is 46.6 Å². The number of benzene rings is 1. The predicted molar refractivity (Wildman–Crippen MR) is 85.2 cm³/mol. The summed E-state index contributed by atoms with van der Waals surface area (Å²) in [6.45, 7) is 2.63. The van der Waals surface area contributed by atoms with E-state index in [-0.39, 0.29) is 0 Å². The standard InChI is InChI=1S/C15H16N4OS/c1-3-20-10-7-8-11-12(9-10)18-15(17-11)21-14-6-4-5-13(16-2)19-14/h4-9H,3H2,1-2H3,(H,16,19)(H,17,18). The Kier molecular flexibility index (Phi) is 3.96. The second kappa shape index (κ2) is 6.05. The summed E-state index contributed by atoms with van der Waals surface area (Å²) in [7, 11) is 1.85. The van der Waals surface area contributed by atoms with Crippen molar-refractivity contribution < 1.29 is 4.74 Å². The molecule has 5 nitrogen and oxygen atoms in total. The van der Waals surface area contributed by atoms with Gasteiger partial charge in [0.05, 0.1) is 17.6 Å². The van der Waals surface area contributed by atoms with Gasteiger partial charge in [0.25, 0.3) is 0 Å². The van der Waals surface area contributed by atoms with E-state index in [1.165, 1.54) is 11.8 Å². The highest BCUT2D eigenvalue weighted by molar-refractivity contribution is 7.99. The SMILES string of the molecule is CCOc1ccc2nc(Sc3cccc(NC)n3)[nH]c2c1. The van der Waals surface area contributed by atoms with Crippen LogP contribution in [-0.2, 0) is 0 Å². The summed E-state index contributed by atoms with van der Waals surface area (Å²) in [5.74, 6) is 1.69.